The molecule has 0 radical (unpaired) electrons. The van der Waals surface area contributed by atoms with Gasteiger partial charge in [0.05, 0.1) is 27.2 Å². The van der Waals surface area contributed by atoms with Crippen LogP contribution in [0.15, 0.2) is 41.8 Å². The topological polar surface area (TPSA) is 60.4 Å². The summed E-state index contributed by atoms with van der Waals surface area (Å²) in [6.07, 6.45) is 0.190. The molecule has 1 amide bonds. The minimum Gasteiger partial charge on any atom is -0.369 e. The first-order chi connectivity index (χ1) is 10.2. The number of nitrogens with zero attached hydrogens (tertiary/aromatic N) is 2. The fourth-order valence-electron chi connectivity index (χ4n) is 2.51. The first-order valence-corrected chi connectivity index (χ1v) is 8.14. The number of thiazole rings is 1. The van der Waals surface area contributed by atoms with E-state index in [1.807, 2.05) is 35.7 Å². The molecule has 0 fully saturated rings. The average molecular weight is 313 g/mol. The number of carbonyl (C=O) groups is 1. The van der Waals surface area contributed by atoms with Gasteiger partial charge in [0, 0.05) is 0 Å². The van der Waals surface area contributed by atoms with Crippen molar-refractivity contribution in [1.29, 1.82) is 0 Å². The third-order valence-electron chi connectivity index (χ3n) is 3.35. The predicted molar refractivity (Wildman–Crippen MR) is 86.8 cm³/mol. The van der Waals surface area contributed by atoms with E-state index in [2.05, 4.69) is 10.5 Å². The minimum absolute atomic E-state index is 0.190. The Balaban J connectivity index is 2.08. The number of carbonyl (C=O) groups excluding carboxylic acids is 1. The standard InChI is InChI=1S/C15H11N3OS2/c16-13(19)8-10-14(12-6-3-7-20-12)17-15-18(10)9-4-1-2-5-11(9)21-15/h1-7H,8H2,(H2,16,19). The highest BCUT2D eigenvalue weighted by atomic mass is 32.1. The SMILES string of the molecule is NC(=O)Cc1c(-c2cccs2)nc2sc3ccccc3n12. The third-order valence-corrected chi connectivity index (χ3v) is 5.24. The Bertz CT molecular complexity index is 950. The highest BCUT2D eigenvalue weighted by Crippen LogP contribution is 2.34. The lowest BCUT2D eigenvalue weighted by atomic mass is 10.2. The number of hydrogen-bond acceptors (Lipinski definition) is 4. The number of benzene rings is 1. The fraction of sp³-hybridized carbons (Fsp3) is 0.0667. The van der Waals surface area contributed by atoms with E-state index in [0.717, 1.165) is 31.4 Å². The molecule has 21 heavy (non-hydrogen) atoms. The number of imidazole rings is 1. The van der Waals surface area contributed by atoms with Crippen molar-refractivity contribution in [2.24, 2.45) is 5.73 Å². The van der Waals surface area contributed by atoms with E-state index < -0.39 is 0 Å². The Hall–Kier alpha value is -2.18. The van der Waals surface area contributed by atoms with Gasteiger partial charge in [-0.3, -0.25) is 9.20 Å². The quantitative estimate of drug-likeness (QED) is 0.631. The lowest BCUT2D eigenvalue weighted by Crippen LogP contribution is -2.15. The summed E-state index contributed by atoms with van der Waals surface area (Å²) in [6.45, 7) is 0. The first kappa shape index (κ1) is 12.6. The molecule has 0 atom stereocenters. The molecule has 4 rings (SSSR count). The Morgan fingerprint density at radius 1 is 1.24 bits per heavy atom. The van der Waals surface area contributed by atoms with Crippen LogP contribution >= 0.6 is 22.7 Å². The second-order valence-corrected chi connectivity index (χ2v) is 6.67. The van der Waals surface area contributed by atoms with Crippen LogP contribution < -0.4 is 5.73 Å². The van der Waals surface area contributed by atoms with Gasteiger partial charge in [0.25, 0.3) is 0 Å². The normalized spacial score (nSPS) is 11.4. The van der Waals surface area contributed by atoms with Gasteiger partial charge in [-0.1, -0.05) is 29.5 Å². The molecule has 3 heterocycles. The molecule has 4 nitrogen and oxygen atoms in total. The molecule has 6 heteroatoms. The number of hydrogen-bond donors (Lipinski definition) is 1. The zero-order valence-electron chi connectivity index (χ0n) is 10.9. The second kappa shape index (κ2) is 4.68. The van der Waals surface area contributed by atoms with E-state index in [-0.39, 0.29) is 12.3 Å². The summed E-state index contributed by atoms with van der Waals surface area (Å²) >= 11 is 3.24. The third kappa shape index (κ3) is 1.95. The summed E-state index contributed by atoms with van der Waals surface area (Å²) < 4.78 is 3.21. The van der Waals surface area contributed by atoms with Crippen LogP contribution in [0.1, 0.15) is 5.69 Å². The Kier molecular flexibility index (Phi) is 2.80. The largest absolute Gasteiger partial charge is 0.369 e. The van der Waals surface area contributed by atoms with Gasteiger partial charge >= 0.3 is 0 Å². The Labute approximate surface area is 128 Å². The summed E-state index contributed by atoms with van der Waals surface area (Å²) in [7, 11) is 0. The van der Waals surface area contributed by atoms with Crippen molar-refractivity contribution in [3.63, 3.8) is 0 Å². The number of aromatic nitrogens is 2. The van der Waals surface area contributed by atoms with Crippen LogP contribution in [0.2, 0.25) is 0 Å². The van der Waals surface area contributed by atoms with E-state index in [9.17, 15) is 4.79 Å². The van der Waals surface area contributed by atoms with E-state index in [4.69, 9.17) is 10.7 Å². The molecule has 4 aromatic rings. The van der Waals surface area contributed by atoms with Crippen LogP contribution in [0.25, 0.3) is 25.7 Å². The monoisotopic (exact) mass is 313 g/mol. The Morgan fingerprint density at radius 3 is 2.86 bits per heavy atom. The van der Waals surface area contributed by atoms with Crippen molar-refractivity contribution in [2.75, 3.05) is 0 Å². The van der Waals surface area contributed by atoms with Crippen LogP contribution in [-0.2, 0) is 11.2 Å². The molecular weight excluding hydrogens is 302 g/mol. The smallest absolute Gasteiger partial charge is 0.223 e. The molecular formula is C15H11N3OS2. The summed E-state index contributed by atoms with van der Waals surface area (Å²) in [5, 5.41) is 2.01. The van der Waals surface area contributed by atoms with E-state index >= 15 is 0 Å². The summed E-state index contributed by atoms with van der Waals surface area (Å²) in [5.74, 6) is -0.343. The average Bonchev–Trinajstić information content (AvgIpc) is 3.13. The van der Waals surface area contributed by atoms with Gasteiger partial charge in [0.15, 0.2) is 4.96 Å². The molecule has 0 aliphatic heterocycles. The highest BCUT2D eigenvalue weighted by Gasteiger charge is 2.19. The number of primary amides is 1. The fourth-order valence-corrected chi connectivity index (χ4v) is 4.29. The summed E-state index contributed by atoms with van der Waals surface area (Å²) in [6, 6.07) is 12.1. The van der Waals surface area contributed by atoms with E-state index in [1.165, 1.54) is 0 Å². The maximum Gasteiger partial charge on any atom is 0.223 e. The molecule has 0 saturated carbocycles. The van der Waals surface area contributed by atoms with E-state index in [0.29, 0.717) is 0 Å². The lowest BCUT2D eigenvalue weighted by Gasteiger charge is -2.01. The van der Waals surface area contributed by atoms with E-state index in [1.54, 1.807) is 22.7 Å². The van der Waals surface area contributed by atoms with Gasteiger partial charge in [-0.2, -0.15) is 0 Å². The van der Waals surface area contributed by atoms with Gasteiger partial charge in [-0.05, 0) is 23.6 Å². The second-order valence-electron chi connectivity index (χ2n) is 4.72. The first-order valence-electron chi connectivity index (χ1n) is 6.45. The van der Waals surface area contributed by atoms with Gasteiger partial charge in [-0.15, -0.1) is 11.3 Å². The summed E-state index contributed by atoms with van der Waals surface area (Å²) in [5.41, 5.74) is 8.24. The van der Waals surface area contributed by atoms with Gasteiger partial charge in [0.1, 0.15) is 5.69 Å². The zero-order valence-corrected chi connectivity index (χ0v) is 12.6. The van der Waals surface area contributed by atoms with Crippen LogP contribution in [-0.4, -0.2) is 15.3 Å². The molecule has 3 aromatic heterocycles. The van der Waals surface area contributed by atoms with Crippen molar-refractivity contribution in [3.05, 3.63) is 47.5 Å². The lowest BCUT2D eigenvalue weighted by molar-refractivity contribution is -0.117. The number of fused-ring (bicyclic) bond motifs is 3. The maximum absolute atomic E-state index is 11.5. The zero-order chi connectivity index (χ0) is 14.4. The van der Waals surface area contributed by atoms with Gasteiger partial charge in [-0.25, -0.2) is 4.98 Å². The van der Waals surface area contributed by atoms with Gasteiger partial charge < -0.3 is 5.73 Å². The van der Waals surface area contributed by atoms with Crippen molar-refractivity contribution in [1.82, 2.24) is 9.38 Å². The molecule has 0 saturated heterocycles. The minimum atomic E-state index is -0.343. The molecule has 104 valence electrons. The molecule has 2 N–H and O–H groups in total. The van der Waals surface area contributed by atoms with Crippen LogP contribution in [0.5, 0.6) is 0 Å². The highest BCUT2D eigenvalue weighted by molar-refractivity contribution is 7.23. The number of rotatable bonds is 3. The van der Waals surface area contributed by atoms with Crippen molar-refractivity contribution in [2.45, 2.75) is 6.42 Å². The maximum atomic E-state index is 11.5. The molecule has 0 aliphatic rings. The van der Waals surface area contributed by atoms with Crippen LogP contribution in [0, 0.1) is 0 Å². The van der Waals surface area contributed by atoms with Crippen molar-refractivity contribution >= 4 is 43.8 Å². The Morgan fingerprint density at radius 2 is 2.10 bits per heavy atom. The van der Waals surface area contributed by atoms with Crippen molar-refractivity contribution in [3.8, 4) is 10.6 Å². The van der Waals surface area contributed by atoms with Crippen LogP contribution in [0.4, 0.5) is 0 Å². The molecule has 0 bridgehead atoms. The molecule has 0 spiro atoms. The van der Waals surface area contributed by atoms with Crippen molar-refractivity contribution < 1.29 is 4.79 Å². The predicted octanol–water partition coefficient (Wildman–Crippen LogP) is 3.31. The summed E-state index contributed by atoms with van der Waals surface area (Å²) in [4.78, 5) is 18.2. The molecule has 0 unspecified atom stereocenters. The van der Waals surface area contributed by atoms with Crippen LogP contribution in [0.3, 0.4) is 0 Å². The number of para-hydroxylation sites is 1. The number of amides is 1. The van der Waals surface area contributed by atoms with Gasteiger partial charge in [0.2, 0.25) is 5.91 Å². The number of nitrogens with two attached hydrogens (primary N) is 1. The number of thiophene rings is 1. The molecule has 0 aliphatic carbocycles. The molecule has 1 aromatic carbocycles.